The van der Waals surface area contributed by atoms with E-state index in [9.17, 15) is 13.2 Å². The molecule has 0 saturated carbocycles. The number of hydrogen-bond acceptors (Lipinski definition) is 4. The van der Waals surface area contributed by atoms with E-state index in [1.165, 1.54) is 12.1 Å². The van der Waals surface area contributed by atoms with E-state index < -0.39 is 15.9 Å². The molecule has 112 valence electrons. The van der Waals surface area contributed by atoms with Crippen LogP contribution >= 0.6 is 0 Å². The molecule has 1 amide bonds. The molecule has 0 bridgehead atoms. The van der Waals surface area contributed by atoms with Crippen LogP contribution < -0.4 is 11.5 Å². The molecule has 0 unspecified atom stereocenters. The SMILES string of the molecule is CC(C)N(CC(N)=O)S(=O)(=O)c1ccc(CCN)cc1. The molecule has 4 N–H and O–H groups in total. The van der Waals surface area contributed by atoms with E-state index in [2.05, 4.69) is 0 Å². The lowest BCUT2D eigenvalue weighted by molar-refractivity contribution is -0.118. The topological polar surface area (TPSA) is 106 Å². The summed E-state index contributed by atoms with van der Waals surface area (Å²) in [4.78, 5) is 11.2. The van der Waals surface area contributed by atoms with Gasteiger partial charge in [-0.3, -0.25) is 4.79 Å². The number of primary amides is 1. The van der Waals surface area contributed by atoms with Crippen molar-refractivity contribution in [1.82, 2.24) is 4.31 Å². The summed E-state index contributed by atoms with van der Waals surface area (Å²) in [7, 11) is -3.73. The molecule has 7 heteroatoms. The van der Waals surface area contributed by atoms with Crippen LogP contribution in [-0.4, -0.2) is 37.8 Å². The van der Waals surface area contributed by atoms with Crippen molar-refractivity contribution in [1.29, 1.82) is 0 Å². The van der Waals surface area contributed by atoms with Crippen molar-refractivity contribution in [2.24, 2.45) is 11.5 Å². The molecule has 0 fully saturated rings. The lowest BCUT2D eigenvalue weighted by Crippen LogP contribution is -2.42. The average Bonchev–Trinajstić information content (AvgIpc) is 2.36. The predicted octanol–water partition coefficient (Wildman–Crippen LogP) is 0.0722. The molecule has 0 atom stereocenters. The van der Waals surface area contributed by atoms with Gasteiger partial charge in [0.05, 0.1) is 11.4 Å². The molecule has 0 saturated heterocycles. The number of benzene rings is 1. The average molecular weight is 299 g/mol. The van der Waals surface area contributed by atoms with Gasteiger partial charge in [-0.05, 0) is 44.5 Å². The van der Waals surface area contributed by atoms with Crippen LogP contribution in [0.1, 0.15) is 19.4 Å². The molecule has 1 aromatic carbocycles. The van der Waals surface area contributed by atoms with E-state index in [1.54, 1.807) is 26.0 Å². The Morgan fingerprint density at radius 2 is 1.80 bits per heavy atom. The van der Waals surface area contributed by atoms with Crippen LogP contribution in [0.15, 0.2) is 29.2 Å². The van der Waals surface area contributed by atoms with Gasteiger partial charge < -0.3 is 11.5 Å². The Morgan fingerprint density at radius 1 is 1.25 bits per heavy atom. The number of rotatable bonds is 7. The van der Waals surface area contributed by atoms with Gasteiger partial charge >= 0.3 is 0 Å². The molecule has 0 aromatic heterocycles. The van der Waals surface area contributed by atoms with Crippen LogP contribution in [0, 0.1) is 0 Å². The highest BCUT2D eigenvalue weighted by atomic mass is 32.2. The Labute approximate surface area is 119 Å². The summed E-state index contributed by atoms with van der Waals surface area (Å²) in [5, 5.41) is 0. The van der Waals surface area contributed by atoms with Gasteiger partial charge in [0.25, 0.3) is 0 Å². The van der Waals surface area contributed by atoms with Crippen molar-refractivity contribution >= 4 is 15.9 Å². The number of amides is 1. The monoisotopic (exact) mass is 299 g/mol. The molecule has 0 radical (unpaired) electrons. The summed E-state index contributed by atoms with van der Waals surface area (Å²) >= 11 is 0. The normalized spacial score (nSPS) is 12.1. The van der Waals surface area contributed by atoms with E-state index >= 15 is 0 Å². The zero-order valence-electron chi connectivity index (χ0n) is 11.7. The van der Waals surface area contributed by atoms with Crippen LogP contribution in [0.5, 0.6) is 0 Å². The highest BCUT2D eigenvalue weighted by Gasteiger charge is 2.28. The highest BCUT2D eigenvalue weighted by molar-refractivity contribution is 7.89. The lowest BCUT2D eigenvalue weighted by Gasteiger charge is -2.24. The van der Waals surface area contributed by atoms with Crippen LogP contribution in [0.4, 0.5) is 0 Å². The fourth-order valence-electron chi connectivity index (χ4n) is 1.83. The molecule has 0 aliphatic rings. The molecule has 20 heavy (non-hydrogen) atoms. The molecule has 0 aliphatic carbocycles. The first kappa shape index (κ1) is 16.6. The van der Waals surface area contributed by atoms with Crippen LogP contribution in [-0.2, 0) is 21.2 Å². The summed E-state index contributed by atoms with van der Waals surface area (Å²) in [6.45, 7) is 3.57. The van der Waals surface area contributed by atoms with Crippen molar-refractivity contribution in [2.45, 2.75) is 31.2 Å². The number of carbonyl (C=O) groups is 1. The maximum atomic E-state index is 12.5. The molecule has 1 aromatic rings. The molecule has 0 heterocycles. The van der Waals surface area contributed by atoms with E-state index in [0.717, 1.165) is 9.87 Å². The van der Waals surface area contributed by atoms with E-state index in [0.29, 0.717) is 13.0 Å². The van der Waals surface area contributed by atoms with Crippen molar-refractivity contribution in [3.05, 3.63) is 29.8 Å². The van der Waals surface area contributed by atoms with Gasteiger partial charge in [-0.2, -0.15) is 4.31 Å². The number of nitrogens with zero attached hydrogens (tertiary/aromatic N) is 1. The minimum Gasteiger partial charge on any atom is -0.369 e. The Hall–Kier alpha value is -1.44. The Morgan fingerprint density at radius 3 is 2.20 bits per heavy atom. The third kappa shape index (κ3) is 4.03. The summed E-state index contributed by atoms with van der Waals surface area (Å²) in [5.41, 5.74) is 11.5. The van der Waals surface area contributed by atoms with E-state index in [4.69, 9.17) is 11.5 Å². The highest BCUT2D eigenvalue weighted by Crippen LogP contribution is 2.18. The zero-order valence-corrected chi connectivity index (χ0v) is 12.6. The van der Waals surface area contributed by atoms with Gasteiger partial charge in [-0.25, -0.2) is 8.42 Å². The van der Waals surface area contributed by atoms with Gasteiger partial charge in [0.1, 0.15) is 0 Å². The second-order valence-corrected chi connectivity index (χ2v) is 6.68. The summed E-state index contributed by atoms with van der Waals surface area (Å²) in [6.07, 6.45) is 0.690. The third-order valence-corrected chi connectivity index (χ3v) is 4.89. The molecular weight excluding hydrogens is 278 g/mol. The van der Waals surface area contributed by atoms with Crippen molar-refractivity contribution in [2.75, 3.05) is 13.1 Å². The molecule has 0 spiro atoms. The van der Waals surface area contributed by atoms with Crippen LogP contribution in [0.2, 0.25) is 0 Å². The second kappa shape index (κ2) is 6.83. The maximum absolute atomic E-state index is 12.5. The Balaban J connectivity index is 3.09. The molecule has 1 rings (SSSR count). The molecule has 6 nitrogen and oxygen atoms in total. The fraction of sp³-hybridized carbons (Fsp3) is 0.462. The van der Waals surface area contributed by atoms with Crippen molar-refractivity contribution in [3.63, 3.8) is 0 Å². The standard InChI is InChI=1S/C13H21N3O3S/c1-10(2)16(9-13(15)17)20(18,19)12-5-3-11(4-6-12)7-8-14/h3-6,10H,7-9,14H2,1-2H3,(H2,15,17). The first-order valence-corrected chi connectivity index (χ1v) is 7.82. The van der Waals surface area contributed by atoms with Crippen molar-refractivity contribution in [3.8, 4) is 0 Å². The Kier molecular flexibility index (Phi) is 5.67. The van der Waals surface area contributed by atoms with E-state index in [-0.39, 0.29) is 17.5 Å². The minimum atomic E-state index is -3.73. The first-order valence-electron chi connectivity index (χ1n) is 6.38. The molecular formula is C13H21N3O3S. The summed E-state index contributed by atoms with van der Waals surface area (Å²) in [6, 6.07) is 6.15. The third-order valence-electron chi connectivity index (χ3n) is 2.85. The van der Waals surface area contributed by atoms with Gasteiger partial charge in [-0.15, -0.1) is 0 Å². The largest absolute Gasteiger partial charge is 0.369 e. The smallest absolute Gasteiger partial charge is 0.243 e. The maximum Gasteiger partial charge on any atom is 0.243 e. The lowest BCUT2D eigenvalue weighted by atomic mass is 10.2. The number of hydrogen-bond donors (Lipinski definition) is 2. The summed E-state index contributed by atoms with van der Waals surface area (Å²) < 4.78 is 26.0. The number of sulfonamides is 1. The van der Waals surface area contributed by atoms with Gasteiger partial charge in [-0.1, -0.05) is 12.1 Å². The second-order valence-electron chi connectivity index (χ2n) is 4.79. The summed E-state index contributed by atoms with van der Waals surface area (Å²) in [5.74, 6) is -0.679. The Bertz CT molecular complexity index is 553. The van der Waals surface area contributed by atoms with Crippen LogP contribution in [0.25, 0.3) is 0 Å². The van der Waals surface area contributed by atoms with Crippen molar-refractivity contribution < 1.29 is 13.2 Å². The van der Waals surface area contributed by atoms with E-state index in [1.807, 2.05) is 0 Å². The quantitative estimate of drug-likeness (QED) is 0.743. The number of nitrogens with two attached hydrogens (primary N) is 2. The minimum absolute atomic E-state index is 0.147. The predicted molar refractivity (Wildman–Crippen MR) is 77.4 cm³/mol. The number of carbonyl (C=O) groups excluding carboxylic acids is 1. The van der Waals surface area contributed by atoms with Gasteiger partial charge in [0, 0.05) is 6.04 Å². The zero-order chi connectivity index (χ0) is 15.3. The first-order chi connectivity index (χ1) is 9.28. The molecule has 0 aliphatic heterocycles. The fourth-order valence-corrected chi connectivity index (χ4v) is 3.43. The van der Waals surface area contributed by atoms with Crippen LogP contribution in [0.3, 0.4) is 0 Å². The van der Waals surface area contributed by atoms with Gasteiger partial charge in [0.15, 0.2) is 0 Å². The van der Waals surface area contributed by atoms with Gasteiger partial charge in [0.2, 0.25) is 15.9 Å².